The molecule has 394 valence electrons. The number of carbonyl (C=O) groups is 5. The first-order valence-corrected chi connectivity index (χ1v) is 28.0. The second-order valence-corrected chi connectivity index (χ2v) is 22.9. The van der Waals surface area contributed by atoms with E-state index in [1.807, 2.05) is 152 Å². The molecule has 6 aromatic carbocycles. The van der Waals surface area contributed by atoms with Crippen molar-refractivity contribution in [3.8, 4) is 0 Å². The van der Waals surface area contributed by atoms with E-state index in [4.69, 9.17) is 9.47 Å². The van der Waals surface area contributed by atoms with Gasteiger partial charge in [-0.15, -0.1) is 23.5 Å². The second-order valence-electron chi connectivity index (χ2n) is 20.3. The number of rotatable bonds is 17. The Morgan fingerprint density at radius 1 is 0.618 bits per heavy atom. The third-order valence-electron chi connectivity index (χ3n) is 13.7. The van der Waals surface area contributed by atoms with Crippen molar-refractivity contribution >= 4 is 53.2 Å². The monoisotopic (exact) mass is 1060 g/mol. The molecule has 2 fully saturated rings. The number of hydrogen-bond acceptors (Lipinski definition) is 10. The van der Waals surface area contributed by atoms with Gasteiger partial charge in [0.25, 0.3) is 0 Å². The lowest BCUT2D eigenvalue weighted by molar-refractivity contribution is -0.155. The summed E-state index contributed by atoms with van der Waals surface area (Å²) in [5.41, 5.74) is 4.22. The van der Waals surface area contributed by atoms with Gasteiger partial charge in [-0.05, 0) is 91.7 Å². The molecule has 8 rings (SSSR count). The molecule has 76 heavy (non-hydrogen) atoms. The molecule has 11 nitrogen and oxygen atoms in total. The average Bonchev–Trinajstić information content (AvgIpc) is 4.25. The molecule has 1 unspecified atom stereocenters. The van der Waals surface area contributed by atoms with Crippen LogP contribution in [0.25, 0.3) is 0 Å². The van der Waals surface area contributed by atoms with Crippen molar-refractivity contribution in [1.29, 1.82) is 0 Å². The first-order valence-electron chi connectivity index (χ1n) is 26.0. The van der Waals surface area contributed by atoms with Crippen LogP contribution < -0.4 is 16.0 Å². The molecular weight excluding hydrogens is 991 g/mol. The standard InChI is InChI=1S/C63H67N3O8S2/c1-60(2,3)74-56(69)38-37-52-58(71)65-53(44-76-63(48-30-16-7-17-31-48,49-32-18-8-19-33-49)50-34-20-9-21-35-50)59(72)66-61(39-40-61)54(67)43-57(70)73-51(42-55(68)64-52)36-22-23-41-75-62(45-24-10-4-11-25-45,46-26-12-5-13-27-46)47-28-14-6-15-29-47/h4-22,24-36,51-54,67H,23,37-44H2,1-3H3,(H,64,68)(H,65,71)(H,66,72)/b36-22+/t51-,52-,53-,54?/m1/s1. The Morgan fingerprint density at radius 3 is 1.47 bits per heavy atom. The summed E-state index contributed by atoms with van der Waals surface area (Å²) in [6, 6.07) is 58.4. The number of allylic oxidation sites excluding steroid dienone is 1. The summed E-state index contributed by atoms with van der Waals surface area (Å²) in [4.78, 5) is 70.8. The quantitative estimate of drug-likeness (QED) is 0.0300. The van der Waals surface area contributed by atoms with Gasteiger partial charge in [-0.2, -0.15) is 0 Å². The van der Waals surface area contributed by atoms with Crippen molar-refractivity contribution in [3.05, 3.63) is 228 Å². The SMILES string of the molecule is CC(C)(C)OC(=O)CC[C@H]1NC(=O)C[C@@H](/C=C/CCSC(c2ccccc2)(c2ccccc2)c2ccccc2)OC(=O)CC(O)C2(CC2)NC(=O)[C@@H](CSC(c2ccccc2)(c2ccccc2)c2ccccc2)NC1=O. The maximum atomic E-state index is 14.8. The highest BCUT2D eigenvalue weighted by atomic mass is 32.2. The minimum atomic E-state index is -1.33. The van der Waals surface area contributed by atoms with E-state index in [9.17, 15) is 29.1 Å². The minimum absolute atomic E-state index is 0.0333. The molecule has 1 saturated heterocycles. The van der Waals surface area contributed by atoms with Crippen LogP contribution in [0.15, 0.2) is 194 Å². The van der Waals surface area contributed by atoms with E-state index in [0.29, 0.717) is 25.0 Å². The lowest BCUT2D eigenvalue weighted by Crippen LogP contribution is -2.58. The zero-order valence-corrected chi connectivity index (χ0v) is 44.9. The van der Waals surface area contributed by atoms with E-state index in [1.165, 1.54) is 11.8 Å². The van der Waals surface area contributed by atoms with Crippen LogP contribution in [-0.4, -0.2) is 81.7 Å². The number of amides is 3. The van der Waals surface area contributed by atoms with E-state index >= 15 is 0 Å². The van der Waals surface area contributed by atoms with E-state index in [2.05, 4.69) is 52.3 Å². The summed E-state index contributed by atoms with van der Waals surface area (Å²) >= 11 is 3.23. The van der Waals surface area contributed by atoms with E-state index in [0.717, 1.165) is 33.4 Å². The predicted octanol–water partition coefficient (Wildman–Crippen LogP) is 10.2. The van der Waals surface area contributed by atoms with E-state index in [1.54, 1.807) is 38.6 Å². The minimum Gasteiger partial charge on any atom is -0.460 e. The molecule has 0 radical (unpaired) electrons. The van der Waals surface area contributed by atoms with Crippen molar-refractivity contribution in [2.45, 2.75) is 111 Å². The van der Waals surface area contributed by atoms with Gasteiger partial charge in [0.2, 0.25) is 17.7 Å². The molecule has 1 saturated carbocycles. The fourth-order valence-corrected chi connectivity index (χ4v) is 12.8. The highest BCUT2D eigenvalue weighted by molar-refractivity contribution is 8.00. The van der Waals surface area contributed by atoms with Crippen molar-refractivity contribution < 1.29 is 38.6 Å². The molecule has 4 atom stereocenters. The number of esters is 2. The molecule has 13 heteroatoms. The maximum absolute atomic E-state index is 14.8. The van der Waals surface area contributed by atoms with Crippen LogP contribution in [0.5, 0.6) is 0 Å². The number of carbonyl (C=O) groups excluding carboxylic acids is 5. The fraction of sp³-hybridized carbons (Fsp3) is 0.317. The smallest absolute Gasteiger partial charge is 0.309 e. The largest absolute Gasteiger partial charge is 0.460 e. The number of cyclic esters (lactones) is 1. The Kier molecular flexibility index (Phi) is 18.4. The van der Waals surface area contributed by atoms with Crippen LogP contribution in [0.3, 0.4) is 0 Å². The zero-order chi connectivity index (χ0) is 53.6. The first-order chi connectivity index (χ1) is 36.7. The van der Waals surface area contributed by atoms with Crippen molar-refractivity contribution in [2.75, 3.05) is 11.5 Å². The number of benzene rings is 6. The van der Waals surface area contributed by atoms with Crippen LogP contribution in [0.2, 0.25) is 0 Å². The van der Waals surface area contributed by atoms with Gasteiger partial charge in [-0.25, -0.2) is 0 Å². The lowest BCUT2D eigenvalue weighted by Gasteiger charge is -2.37. The van der Waals surface area contributed by atoms with Gasteiger partial charge < -0.3 is 30.5 Å². The molecule has 0 aromatic heterocycles. The highest BCUT2D eigenvalue weighted by Gasteiger charge is 2.52. The Bertz CT molecular complexity index is 2710. The lowest BCUT2D eigenvalue weighted by atomic mass is 9.84. The summed E-state index contributed by atoms with van der Waals surface area (Å²) in [6.07, 6.45) is 1.28. The maximum Gasteiger partial charge on any atom is 0.309 e. The van der Waals surface area contributed by atoms with Crippen LogP contribution in [0, 0.1) is 0 Å². The number of ether oxygens (including phenoxy) is 2. The molecule has 4 N–H and O–H groups in total. The van der Waals surface area contributed by atoms with Crippen LogP contribution >= 0.6 is 23.5 Å². The predicted molar refractivity (Wildman–Crippen MR) is 301 cm³/mol. The third-order valence-corrected chi connectivity index (χ3v) is 16.9. The molecule has 2 aliphatic rings. The van der Waals surface area contributed by atoms with Gasteiger partial charge in [-0.3, -0.25) is 24.0 Å². The molecule has 6 aromatic rings. The summed E-state index contributed by atoms with van der Waals surface area (Å²) in [7, 11) is 0. The van der Waals surface area contributed by atoms with Gasteiger partial charge >= 0.3 is 11.9 Å². The van der Waals surface area contributed by atoms with Gasteiger partial charge in [0.1, 0.15) is 23.8 Å². The Morgan fingerprint density at radius 2 is 1.05 bits per heavy atom. The normalized spacial score (nSPS) is 19.6. The summed E-state index contributed by atoms with van der Waals surface area (Å²) < 4.78 is 10.1. The summed E-state index contributed by atoms with van der Waals surface area (Å²) in [5.74, 6) is -2.54. The van der Waals surface area contributed by atoms with Crippen molar-refractivity contribution in [2.24, 2.45) is 0 Å². The third kappa shape index (κ3) is 13.7. The number of aliphatic hydroxyl groups is 1. The van der Waals surface area contributed by atoms with Crippen molar-refractivity contribution in [3.63, 3.8) is 0 Å². The second kappa shape index (κ2) is 25.3. The molecule has 1 aliphatic heterocycles. The summed E-state index contributed by atoms with van der Waals surface area (Å²) in [6.45, 7) is 5.23. The average molecular weight is 1060 g/mol. The van der Waals surface area contributed by atoms with Crippen LogP contribution in [-0.2, 0) is 42.9 Å². The Labute approximate surface area is 455 Å². The molecule has 0 bridgehead atoms. The number of aliphatic hydroxyl groups excluding tert-OH is 1. The number of nitrogens with one attached hydrogen (secondary N) is 3. The molecule has 3 amide bonds. The van der Waals surface area contributed by atoms with E-state index in [-0.39, 0.29) is 25.0 Å². The van der Waals surface area contributed by atoms with E-state index < -0.39 is 81.0 Å². The fourth-order valence-electron chi connectivity index (χ4n) is 9.82. The van der Waals surface area contributed by atoms with Gasteiger partial charge in [0, 0.05) is 12.2 Å². The zero-order valence-electron chi connectivity index (χ0n) is 43.3. The molecule has 1 heterocycles. The highest BCUT2D eigenvalue weighted by Crippen LogP contribution is 2.50. The summed E-state index contributed by atoms with van der Waals surface area (Å²) in [5, 5.41) is 20.6. The van der Waals surface area contributed by atoms with Gasteiger partial charge in [0.15, 0.2) is 0 Å². The van der Waals surface area contributed by atoms with Crippen molar-refractivity contribution in [1.82, 2.24) is 16.0 Å². The van der Waals surface area contributed by atoms with Gasteiger partial charge in [-0.1, -0.05) is 188 Å². The Hall–Kier alpha value is -6.93. The topological polar surface area (TPSA) is 160 Å². The van der Waals surface area contributed by atoms with Crippen LogP contribution in [0.1, 0.15) is 99.1 Å². The van der Waals surface area contributed by atoms with Crippen LogP contribution in [0.4, 0.5) is 0 Å². The number of thioether (sulfide) groups is 2. The molecule has 1 spiro atoms. The molecular formula is C63H67N3O8S2. The number of hydrogen-bond donors (Lipinski definition) is 4. The first kappa shape index (κ1) is 55.3. The molecule has 1 aliphatic carbocycles. The van der Waals surface area contributed by atoms with Gasteiger partial charge in [0.05, 0.1) is 34.0 Å². The Balaban J connectivity index is 1.07.